The molecule has 9 heteroatoms. The first-order valence-corrected chi connectivity index (χ1v) is 11.7. The van der Waals surface area contributed by atoms with E-state index in [9.17, 15) is 9.59 Å². The molecule has 1 unspecified atom stereocenters. The summed E-state index contributed by atoms with van der Waals surface area (Å²) in [6.07, 6.45) is 2.64. The molecule has 0 saturated carbocycles. The number of hydrogen-bond donors (Lipinski definition) is 0. The Morgan fingerprint density at radius 3 is 2.63 bits per heavy atom. The van der Waals surface area contributed by atoms with Crippen LogP contribution in [0.25, 0.3) is 11.4 Å². The molecule has 1 aliphatic rings. The summed E-state index contributed by atoms with van der Waals surface area (Å²) in [4.78, 5) is 33.4. The minimum atomic E-state index is -0.285. The molecular weight excluding hydrogens is 448 g/mol. The van der Waals surface area contributed by atoms with Crippen LogP contribution in [0.2, 0.25) is 0 Å². The number of rotatable bonds is 9. The quantitative estimate of drug-likeness (QED) is 0.464. The fourth-order valence-corrected chi connectivity index (χ4v) is 4.03. The smallest absolute Gasteiger partial charge is 0.261 e. The van der Waals surface area contributed by atoms with E-state index in [1.54, 1.807) is 48.2 Å². The highest BCUT2D eigenvalue weighted by Crippen LogP contribution is 2.31. The van der Waals surface area contributed by atoms with Gasteiger partial charge in [0.25, 0.3) is 11.8 Å². The third-order valence-electron chi connectivity index (χ3n) is 6.02. The van der Waals surface area contributed by atoms with E-state index in [2.05, 4.69) is 10.1 Å². The molecule has 1 atom stereocenters. The van der Waals surface area contributed by atoms with Gasteiger partial charge >= 0.3 is 0 Å². The van der Waals surface area contributed by atoms with Gasteiger partial charge in [-0.25, -0.2) is 0 Å². The van der Waals surface area contributed by atoms with Crippen molar-refractivity contribution in [2.45, 2.75) is 25.3 Å². The van der Waals surface area contributed by atoms with Crippen LogP contribution in [0, 0.1) is 0 Å². The normalized spacial score (nSPS) is 15.6. The monoisotopic (exact) mass is 478 g/mol. The van der Waals surface area contributed by atoms with E-state index in [0.717, 1.165) is 24.8 Å². The van der Waals surface area contributed by atoms with Gasteiger partial charge in [0.2, 0.25) is 11.7 Å². The van der Waals surface area contributed by atoms with E-state index in [1.807, 2.05) is 30.3 Å². The van der Waals surface area contributed by atoms with E-state index in [1.165, 1.54) is 0 Å². The number of hydrogen-bond acceptors (Lipinski definition) is 7. The molecule has 35 heavy (non-hydrogen) atoms. The fourth-order valence-electron chi connectivity index (χ4n) is 4.03. The molecule has 1 aliphatic heterocycles. The number of nitrogens with zero attached hydrogens (tertiary/aromatic N) is 4. The lowest BCUT2D eigenvalue weighted by Crippen LogP contribution is -2.41. The van der Waals surface area contributed by atoms with Crippen molar-refractivity contribution < 1.29 is 23.6 Å². The van der Waals surface area contributed by atoms with Crippen molar-refractivity contribution >= 4 is 11.8 Å². The molecule has 1 saturated heterocycles. The Hall–Kier alpha value is -3.72. The van der Waals surface area contributed by atoms with E-state index in [0.29, 0.717) is 42.7 Å². The summed E-state index contributed by atoms with van der Waals surface area (Å²) in [6.45, 7) is 1.56. The average Bonchev–Trinajstić information content (AvgIpc) is 3.41. The van der Waals surface area contributed by atoms with Gasteiger partial charge in [-0.1, -0.05) is 35.5 Å². The highest BCUT2D eigenvalue weighted by atomic mass is 16.5. The third kappa shape index (κ3) is 6.05. The van der Waals surface area contributed by atoms with Gasteiger partial charge in [0.05, 0.1) is 6.61 Å². The summed E-state index contributed by atoms with van der Waals surface area (Å²) in [5, 5.41) is 4.13. The molecule has 1 aromatic heterocycles. The number of benzene rings is 2. The Balaban J connectivity index is 1.42. The predicted molar refractivity (Wildman–Crippen MR) is 129 cm³/mol. The molecule has 2 aromatic carbocycles. The van der Waals surface area contributed by atoms with Crippen molar-refractivity contribution in [1.29, 1.82) is 0 Å². The van der Waals surface area contributed by atoms with Gasteiger partial charge in [-0.05, 0) is 43.5 Å². The topological polar surface area (TPSA) is 98.0 Å². The van der Waals surface area contributed by atoms with Crippen LogP contribution in [0.4, 0.5) is 0 Å². The number of piperidine rings is 1. The minimum Gasteiger partial charge on any atom is -0.484 e. The third-order valence-corrected chi connectivity index (χ3v) is 6.02. The van der Waals surface area contributed by atoms with Crippen LogP contribution in [0.1, 0.15) is 41.6 Å². The number of carbonyl (C=O) groups is 2. The molecule has 1 fully saturated rings. The van der Waals surface area contributed by atoms with Gasteiger partial charge in [0, 0.05) is 38.4 Å². The van der Waals surface area contributed by atoms with Gasteiger partial charge in [-0.15, -0.1) is 0 Å². The van der Waals surface area contributed by atoms with E-state index < -0.39 is 0 Å². The van der Waals surface area contributed by atoms with Crippen molar-refractivity contribution in [3.05, 3.63) is 66.1 Å². The number of para-hydroxylation sites is 1. The zero-order valence-corrected chi connectivity index (χ0v) is 20.1. The molecule has 184 valence electrons. The number of likely N-dealkylation sites (N-methyl/N-ethyl adjacent to an activating group) is 1. The highest BCUT2D eigenvalue weighted by Gasteiger charge is 2.32. The molecule has 0 radical (unpaired) electrons. The molecule has 2 heterocycles. The summed E-state index contributed by atoms with van der Waals surface area (Å²) < 4.78 is 16.3. The highest BCUT2D eigenvalue weighted by molar-refractivity contribution is 5.94. The van der Waals surface area contributed by atoms with Crippen LogP contribution in [-0.2, 0) is 9.53 Å². The van der Waals surface area contributed by atoms with Gasteiger partial charge in [0.1, 0.15) is 11.8 Å². The first kappa shape index (κ1) is 24.4. The minimum absolute atomic E-state index is 0.0458. The van der Waals surface area contributed by atoms with E-state index >= 15 is 0 Å². The summed E-state index contributed by atoms with van der Waals surface area (Å²) in [7, 11) is 3.34. The second-order valence-corrected chi connectivity index (χ2v) is 8.45. The number of carbonyl (C=O) groups excluding carboxylic acids is 2. The standard InChI is InChI=1S/C26H30N4O5/c1-29(16-17-33-2)26(32)20-13-11-19(12-14-20)24-27-25(35-28-24)22-10-6-7-15-30(22)23(31)18-34-21-8-4-3-5-9-21/h3-5,8-9,11-14,22H,6-7,10,15-18H2,1-2H3. The van der Waals surface area contributed by atoms with Gasteiger partial charge in [0.15, 0.2) is 6.61 Å². The van der Waals surface area contributed by atoms with E-state index in [-0.39, 0.29) is 24.5 Å². The fraction of sp³-hybridized carbons (Fsp3) is 0.385. The van der Waals surface area contributed by atoms with Crippen molar-refractivity contribution in [3.8, 4) is 17.1 Å². The maximum absolute atomic E-state index is 12.9. The summed E-state index contributed by atoms with van der Waals surface area (Å²) in [5.41, 5.74) is 1.30. The largest absolute Gasteiger partial charge is 0.484 e. The zero-order chi connectivity index (χ0) is 24.6. The first-order chi connectivity index (χ1) is 17.1. The second-order valence-electron chi connectivity index (χ2n) is 8.45. The SMILES string of the molecule is COCCN(C)C(=O)c1ccc(-c2noc(C3CCCCN3C(=O)COc3ccccc3)n2)cc1. The molecule has 4 rings (SSSR count). The zero-order valence-electron chi connectivity index (χ0n) is 20.1. The molecule has 0 aliphatic carbocycles. The molecule has 2 amide bonds. The van der Waals surface area contributed by atoms with Crippen molar-refractivity contribution in [3.63, 3.8) is 0 Å². The molecule has 3 aromatic rings. The van der Waals surface area contributed by atoms with Crippen molar-refractivity contribution in [2.75, 3.05) is 40.5 Å². The van der Waals surface area contributed by atoms with Crippen molar-refractivity contribution in [1.82, 2.24) is 19.9 Å². The Morgan fingerprint density at radius 1 is 1.11 bits per heavy atom. The van der Waals surface area contributed by atoms with Crippen LogP contribution in [-0.4, -0.2) is 72.2 Å². The van der Waals surface area contributed by atoms with Gasteiger partial charge in [-0.3, -0.25) is 9.59 Å². The molecular formula is C26H30N4O5. The number of methoxy groups -OCH3 is 1. The molecule has 0 spiro atoms. The Labute approximate surface area is 204 Å². The van der Waals surface area contributed by atoms with Crippen LogP contribution >= 0.6 is 0 Å². The first-order valence-electron chi connectivity index (χ1n) is 11.7. The van der Waals surface area contributed by atoms with Gasteiger partial charge < -0.3 is 23.8 Å². The summed E-state index contributed by atoms with van der Waals surface area (Å²) >= 11 is 0. The maximum Gasteiger partial charge on any atom is 0.261 e. The average molecular weight is 479 g/mol. The van der Waals surface area contributed by atoms with Crippen LogP contribution in [0.5, 0.6) is 5.75 Å². The maximum atomic E-state index is 12.9. The lowest BCUT2D eigenvalue weighted by molar-refractivity contribution is -0.138. The molecule has 9 nitrogen and oxygen atoms in total. The van der Waals surface area contributed by atoms with Crippen LogP contribution in [0.3, 0.4) is 0 Å². The lowest BCUT2D eigenvalue weighted by atomic mass is 10.0. The molecule has 0 N–H and O–H groups in total. The summed E-state index contributed by atoms with van der Waals surface area (Å²) in [6, 6.07) is 16.1. The predicted octanol–water partition coefficient (Wildman–Crippen LogP) is 3.59. The Morgan fingerprint density at radius 2 is 1.89 bits per heavy atom. The Kier molecular flexibility index (Phi) is 8.10. The number of amides is 2. The number of likely N-dealkylation sites (tertiary alicyclic amines) is 1. The Bertz CT molecular complexity index is 1120. The van der Waals surface area contributed by atoms with Gasteiger partial charge in [-0.2, -0.15) is 4.98 Å². The van der Waals surface area contributed by atoms with Crippen LogP contribution < -0.4 is 4.74 Å². The summed E-state index contributed by atoms with van der Waals surface area (Å²) in [5.74, 6) is 1.29. The van der Waals surface area contributed by atoms with Crippen LogP contribution in [0.15, 0.2) is 59.1 Å². The number of aromatic nitrogens is 2. The molecule has 0 bridgehead atoms. The second kappa shape index (κ2) is 11.6. The lowest BCUT2D eigenvalue weighted by Gasteiger charge is -2.33. The number of ether oxygens (including phenoxy) is 2. The van der Waals surface area contributed by atoms with E-state index in [4.69, 9.17) is 14.0 Å². The van der Waals surface area contributed by atoms with Crippen molar-refractivity contribution in [2.24, 2.45) is 0 Å².